The van der Waals surface area contributed by atoms with Gasteiger partial charge in [-0.1, -0.05) is 19.1 Å². The molecule has 0 bridgehead atoms. The largest absolute Gasteiger partial charge is 0.490 e. The van der Waals surface area contributed by atoms with Crippen LogP contribution in [0.2, 0.25) is 0 Å². The molecule has 0 spiro atoms. The highest BCUT2D eigenvalue weighted by Gasteiger charge is 2.17. The van der Waals surface area contributed by atoms with E-state index in [1.54, 1.807) is 0 Å². The molecule has 1 fully saturated rings. The molecule has 1 atom stereocenters. The van der Waals surface area contributed by atoms with Crippen molar-refractivity contribution in [3.8, 4) is 17.0 Å². The molecule has 5 nitrogen and oxygen atoms in total. The van der Waals surface area contributed by atoms with Gasteiger partial charge in [0.25, 0.3) is 0 Å². The second kappa shape index (κ2) is 7.42. The van der Waals surface area contributed by atoms with E-state index >= 15 is 0 Å². The minimum atomic E-state index is 0.219. The molecule has 1 aromatic heterocycles. The van der Waals surface area contributed by atoms with Crippen LogP contribution in [-0.2, 0) is 11.3 Å². The Labute approximate surface area is 131 Å². The summed E-state index contributed by atoms with van der Waals surface area (Å²) in [5.74, 6) is 0.861. The standard InChI is InChI=1S/C17H23N3O2/c1-2-18-11-13-10-16(20-19-13)15-7-3-4-8-17(15)22-12-14-6-5-9-21-14/h3-4,7-8,10,14,18H,2,5-6,9,11-12H2,1H3,(H,19,20). The van der Waals surface area contributed by atoms with E-state index in [-0.39, 0.29) is 6.10 Å². The van der Waals surface area contributed by atoms with Crippen LogP contribution in [0, 0.1) is 0 Å². The van der Waals surface area contributed by atoms with Gasteiger partial charge in [-0.05, 0) is 37.6 Å². The van der Waals surface area contributed by atoms with E-state index in [1.165, 1.54) is 0 Å². The monoisotopic (exact) mass is 301 g/mol. The van der Waals surface area contributed by atoms with Crippen molar-refractivity contribution in [1.29, 1.82) is 0 Å². The highest BCUT2D eigenvalue weighted by atomic mass is 16.5. The van der Waals surface area contributed by atoms with E-state index in [0.29, 0.717) is 6.61 Å². The van der Waals surface area contributed by atoms with E-state index in [1.807, 2.05) is 24.3 Å². The molecule has 1 aliphatic heterocycles. The van der Waals surface area contributed by atoms with Gasteiger partial charge in [0.05, 0.1) is 11.8 Å². The van der Waals surface area contributed by atoms with Gasteiger partial charge in [0, 0.05) is 24.4 Å². The van der Waals surface area contributed by atoms with Gasteiger partial charge in [-0.15, -0.1) is 0 Å². The Hall–Kier alpha value is -1.85. The molecule has 22 heavy (non-hydrogen) atoms. The summed E-state index contributed by atoms with van der Waals surface area (Å²) >= 11 is 0. The smallest absolute Gasteiger partial charge is 0.128 e. The van der Waals surface area contributed by atoms with Crippen LogP contribution in [0.3, 0.4) is 0 Å². The molecule has 2 aromatic rings. The van der Waals surface area contributed by atoms with E-state index in [0.717, 1.165) is 55.2 Å². The average molecular weight is 301 g/mol. The van der Waals surface area contributed by atoms with Crippen LogP contribution in [0.5, 0.6) is 5.75 Å². The number of H-pyrrole nitrogens is 1. The lowest BCUT2D eigenvalue weighted by Gasteiger charge is -2.13. The molecule has 1 unspecified atom stereocenters. The topological polar surface area (TPSA) is 59.2 Å². The van der Waals surface area contributed by atoms with Gasteiger partial charge in [-0.2, -0.15) is 5.10 Å². The Kier molecular flexibility index (Phi) is 5.08. The summed E-state index contributed by atoms with van der Waals surface area (Å²) in [6.07, 6.45) is 2.43. The van der Waals surface area contributed by atoms with Gasteiger partial charge in [-0.25, -0.2) is 0 Å². The maximum atomic E-state index is 5.97. The summed E-state index contributed by atoms with van der Waals surface area (Å²) in [7, 11) is 0. The molecule has 0 amide bonds. The zero-order chi connectivity index (χ0) is 15.2. The maximum Gasteiger partial charge on any atom is 0.128 e. The molecule has 1 aliphatic rings. The average Bonchev–Trinajstić information content (AvgIpc) is 3.23. The van der Waals surface area contributed by atoms with Crippen molar-refractivity contribution in [2.45, 2.75) is 32.4 Å². The Morgan fingerprint density at radius 3 is 3.14 bits per heavy atom. The molecule has 1 aromatic carbocycles. The lowest BCUT2D eigenvalue weighted by molar-refractivity contribution is 0.0681. The molecular weight excluding hydrogens is 278 g/mol. The molecule has 3 rings (SSSR count). The summed E-state index contributed by atoms with van der Waals surface area (Å²) in [6.45, 7) is 5.28. The first-order valence-corrected chi connectivity index (χ1v) is 7.95. The molecule has 0 radical (unpaired) electrons. The lowest BCUT2D eigenvalue weighted by atomic mass is 10.1. The number of aromatic nitrogens is 2. The van der Waals surface area contributed by atoms with E-state index in [2.05, 4.69) is 28.5 Å². The normalized spacial score (nSPS) is 17.8. The second-order valence-electron chi connectivity index (χ2n) is 5.50. The van der Waals surface area contributed by atoms with Crippen LogP contribution in [0.15, 0.2) is 30.3 Å². The molecule has 1 saturated heterocycles. The number of benzene rings is 1. The zero-order valence-corrected chi connectivity index (χ0v) is 13.0. The number of hydrogen-bond donors (Lipinski definition) is 2. The van der Waals surface area contributed by atoms with Gasteiger partial charge >= 0.3 is 0 Å². The maximum absolute atomic E-state index is 5.97. The first-order chi connectivity index (χ1) is 10.9. The third kappa shape index (κ3) is 3.67. The van der Waals surface area contributed by atoms with Crippen molar-refractivity contribution in [3.05, 3.63) is 36.0 Å². The number of aromatic amines is 1. The van der Waals surface area contributed by atoms with E-state index < -0.39 is 0 Å². The molecular formula is C17H23N3O2. The Morgan fingerprint density at radius 2 is 2.32 bits per heavy atom. The zero-order valence-electron chi connectivity index (χ0n) is 13.0. The summed E-state index contributed by atoms with van der Waals surface area (Å²) in [6, 6.07) is 10.1. The van der Waals surface area contributed by atoms with Crippen LogP contribution in [0.25, 0.3) is 11.3 Å². The molecule has 0 aliphatic carbocycles. The molecule has 118 valence electrons. The summed E-state index contributed by atoms with van der Waals surface area (Å²) in [4.78, 5) is 0. The highest BCUT2D eigenvalue weighted by Crippen LogP contribution is 2.29. The van der Waals surface area contributed by atoms with Gasteiger partial charge in [0.1, 0.15) is 12.4 Å². The third-order valence-electron chi connectivity index (χ3n) is 3.81. The van der Waals surface area contributed by atoms with Crippen LogP contribution < -0.4 is 10.1 Å². The number of nitrogens with zero attached hydrogens (tertiary/aromatic N) is 1. The third-order valence-corrected chi connectivity index (χ3v) is 3.81. The quantitative estimate of drug-likeness (QED) is 0.825. The Bertz CT molecular complexity index is 591. The van der Waals surface area contributed by atoms with Gasteiger partial charge in [0.15, 0.2) is 0 Å². The van der Waals surface area contributed by atoms with Crippen molar-refractivity contribution in [2.75, 3.05) is 19.8 Å². The minimum Gasteiger partial charge on any atom is -0.490 e. The molecule has 2 N–H and O–H groups in total. The van der Waals surface area contributed by atoms with Crippen molar-refractivity contribution in [2.24, 2.45) is 0 Å². The minimum absolute atomic E-state index is 0.219. The van der Waals surface area contributed by atoms with Crippen LogP contribution >= 0.6 is 0 Å². The number of ether oxygens (including phenoxy) is 2. The van der Waals surface area contributed by atoms with E-state index in [9.17, 15) is 0 Å². The molecule has 2 heterocycles. The number of rotatable bonds is 7. The van der Waals surface area contributed by atoms with Crippen molar-refractivity contribution in [3.63, 3.8) is 0 Å². The van der Waals surface area contributed by atoms with Gasteiger partial charge < -0.3 is 14.8 Å². The fourth-order valence-electron chi connectivity index (χ4n) is 2.61. The summed E-state index contributed by atoms with van der Waals surface area (Å²) in [5.41, 5.74) is 3.00. The predicted octanol–water partition coefficient (Wildman–Crippen LogP) is 2.74. The number of nitrogens with one attached hydrogen (secondary N) is 2. The van der Waals surface area contributed by atoms with Crippen LogP contribution in [-0.4, -0.2) is 36.1 Å². The summed E-state index contributed by atoms with van der Waals surface area (Å²) in [5, 5.41) is 10.8. The van der Waals surface area contributed by atoms with Crippen molar-refractivity contribution in [1.82, 2.24) is 15.5 Å². The van der Waals surface area contributed by atoms with Gasteiger partial charge in [0.2, 0.25) is 0 Å². The van der Waals surface area contributed by atoms with Crippen LogP contribution in [0.1, 0.15) is 25.5 Å². The van der Waals surface area contributed by atoms with Crippen molar-refractivity contribution >= 4 is 0 Å². The fourth-order valence-corrected chi connectivity index (χ4v) is 2.61. The molecule has 0 saturated carbocycles. The van der Waals surface area contributed by atoms with Gasteiger partial charge in [-0.3, -0.25) is 5.10 Å². The highest BCUT2D eigenvalue weighted by molar-refractivity contribution is 5.67. The fraction of sp³-hybridized carbons (Fsp3) is 0.471. The molecule has 5 heteroatoms. The van der Waals surface area contributed by atoms with Crippen molar-refractivity contribution < 1.29 is 9.47 Å². The Morgan fingerprint density at radius 1 is 1.41 bits per heavy atom. The summed E-state index contributed by atoms with van der Waals surface area (Å²) < 4.78 is 11.6. The second-order valence-corrected chi connectivity index (χ2v) is 5.50. The SMILES string of the molecule is CCNCc1cc(-c2ccccc2OCC2CCCO2)n[nH]1. The predicted molar refractivity (Wildman–Crippen MR) is 85.9 cm³/mol. The van der Waals surface area contributed by atoms with E-state index in [4.69, 9.17) is 9.47 Å². The number of para-hydroxylation sites is 1. The number of hydrogen-bond acceptors (Lipinski definition) is 4. The van der Waals surface area contributed by atoms with Crippen LogP contribution in [0.4, 0.5) is 0 Å². The lowest BCUT2D eigenvalue weighted by Crippen LogP contribution is -2.16. The first-order valence-electron chi connectivity index (χ1n) is 7.95. The Balaban J connectivity index is 1.71. The first kappa shape index (κ1) is 15.1.